The summed E-state index contributed by atoms with van der Waals surface area (Å²) < 4.78 is 1.98. The van der Waals surface area contributed by atoms with E-state index in [0.29, 0.717) is 17.8 Å². The van der Waals surface area contributed by atoms with Gasteiger partial charge in [-0.05, 0) is 72.6 Å². The molecule has 0 saturated heterocycles. The summed E-state index contributed by atoms with van der Waals surface area (Å²) in [5, 5.41) is 6.28. The fourth-order valence-corrected chi connectivity index (χ4v) is 6.25. The Balaban J connectivity index is 1.81. The van der Waals surface area contributed by atoms with Crippen LogP contribution in [0.25, 0.3) is 0 Å². The maximum Gasteiger partial charge on any atom is 0.255 e. The molecule has 0 radical (unpaired) electrons. The highest BCUT2D eigenvalue weighted by Crippen LogP contribution is 2.47. The van der Waals surface area contributed by atoms with Gasteiger partial charge in [0, 0.05) is 50.4 Å². The number of thiophene rings is 1. The van der Waals surface area contributed by atoms with Crippen molar-refractivity contribution < 1.29 is 9.59 Å². The zero-order valence-corrected chi connectivity index (χ0v) is 20.2. The van der Waals surface area contributed by atoms with E-state index in [1.165, 1.54) is 4.88 Å². The largest absolute Gasteiger partial charge is 0.362 e. The molecule has 0 saturated carbocycles. The molecule has 3 heterocycles. The molecule has 8 heteroatoms. The lowest BCUT2D eigenvalue weighted by Crippen LogP contribution is -2.35. The van der Waals surface area contributed by atoms with Crippen LogP contribution in [0.1, 0.15) is 42.5 Å². The number of nitrogens with one attached hydrogen (secondary N) is 2. The number of anilines is 1. The molecule has 0 aromatic carbocycles. The van der Waals surface area contributed by atoms with Crippen LogP contribution in [0.3, 0.4) is 0 Å². The van der Waals surface area contributed by atoms with Crippen LogP contribution in [0.4, 0.5) is 5.82 Å². The SMILES string of the molecule is CSc1sc(C)cc1C1C(C(=O)Nc2ccc(Br)cn2)=C(C)NC2=C1C(=O)CCC2. The Morgan fingerprint density at radius 2 is 2.13 bits per heavy atom. The number of hydrogen-bond donors (Lipinski definition) is 2. The summed E-state index contributed by atoms with van der Waals surface area (Å²) in [6, 6.07) is 5.71. The Labute approximate surface area is 192 Å². The summed E-state index contributed by atoms with van der Waals surface area (Å²) in [7, 11) is 0. The third-order valence-electron chi connectivity index (χ3n) is 5.33. The number of aromatic nitrogens is 1. The van der Waals surface area contributed by atoms with Crippen molar-refractivity contribution in [2.75, 3.05) is 11.6 Å². The fraction of sp³-hybridized carbons (Fsp3) is 0.318. The molecule has 1 unspecified atom stereocenters. The number of Topliss-reactive ketones (excluding diaryl/α,β-unsaturated/α-hetero) is 1. The van der Waals surface area contributed by atoms with Crippen molar-refractivity contribution in [2.24, 2.45) is 0 Å². The van der Waals surface area contributed by atoms with E-state index < -0.39 is 0 Å². The Hall–Kier alpha value is -1.90. The minimum atomic E-state index is -0.364. The highest BCUT2D eigenvalue weighted by atomic mass is 79.9. The van der Waals surface area contributed by atoms with Crippen molar-refractivity contribution in [3.8, 4) is 0 Å². The molecule has 0 spiro atoms. The Kier molecular flexibility index (Phi) is 6.18. The molecule has 5 nitrogen and oxygen atoms in total. The van der Waals surface area contributed by atoms with Gasteiger partial charge in [-0.25, -0.2) is 4.98 Å². The molecular weight excluding hydrogens is 482 g/mol. The topological polar surface area (TPSA) is 71.1 Å². The number of amides is 1. The Morgan fingerprint density at radius 1 is 1.33 bits per heavy atom. The number of thioether (sulfide) groups is 1. The standard InChI is InChI=1S/C22H22BrN3O2S2/c1-11-9-14(22(29-3)30-11)19-18(21(28)26-17-8-7-13(23)10-24-17)12(2)25-15-5-4-6-16(27)20(15)19/h7-10,19,25H,4-6H2,1-3H3,(H,24,26,28). The van der Waals surface area contributed by atoms with Gasteiger partial charge in [0.1, 0.15) is 5.82 Å². The smallest absolute Gasteiger partial charge is 0.255 e. The van der Waals surface area contributed by atoms with Crippen molar-refractivity contribution in [2.45, 2.75) is 43.2 Å². The van der Waals surface area contributed by atoms with Crippen LogP contribution >= 0.6 is 39.0 Å². The van der Waals surface area contributed by atoms with Crippen LogP contribution < -0.4 is 10.6 Å². The highest BCUT2D eigenvalue weighted by Gasteiger charge is 2.39. The summed E-state index contributed by atoms with van der Waals surface area (Å²) in [6.45, 7) is 3.98. The van der Waals surface area contributed by atoms with Gasteiger partial charge >= 0.3 is 0 Å². The van der Waals surface area contributed by atoms with Gasteiger partial charge < -0.3 is 10.6 Å². The molecule has 2 aromatic heterocycles. The van der Waals surface area contributed by atoms with E-state index in [-0.39, 0.29) is 17.6 Å². The highest BCUT2D eigenvalue weighted by molar-refractivity contribution is 9.10. The molecule has 0 fully saturated rings. The van der Waals surface area contributed by atoms with E-state index in [0.717, 1.165) is 44.1 Å². The van der Waals surface area contributed by atoms with Crippen molar-refractivity contribution >= 4 is 56.5 Å². The maximum atomic E-state index is 13.4. The predicted molar refractivity (Wildman–Crippen MR) is 126 cm³/mol. The Bertz CT molecular complexity index is 1090. The quantitative estimate of drug-likeness (QED) is 0.535. The second kappa shape index (κ2) is 8.69. The van der Waals surface area contributed by atoms with Crippen molar-refractivity contribution in [3.05, 3.63) is 61.8 Å². The zero-order chi connectivity index (χ0) is 21.4. The van der Waals surface area contributed by atoms with Gasteiger partial charge in [-0.15, -0.1) is 23.1 Å². The molecule has 0 bridgehead atoms. The second-order valence-electron chi connectivity index (χ2n) is 7.39. The predicted octanol–water partition coefficient (Wildman–Crippen LogP) is 5.54. The third-order valence-corrected chi connectivity index (χ3v) is 8.02. The fourth-order valence-electron chi connectivity index (χ4n) is 4.10. The van der Waals surface area contributed by atoms with Crippen LogP contribution in [0, 0.1) is 6.92 Å². The van der Waals surface area contributed by atoms with Gasteiger partial charge in [-0.3, -0.25) is 9.59 Å². The van der Waals surface area contributed by atoms with E-state index in [2.05, 4.69) is 44.5 Å². The first kappa shape index (κ1) is 21.3. The zero-order valence-electron chi connectivity index (χ0n) is 17.0. The number of rotatable bonds is 4. The summed E-state index contributed by atoms with van der Waals surface area (Å²) >= 11 is 6.73. The van der Waals surface area contributed by atoms with E-state index in [4.69, 9.17) is 0 Å². The summed E-state index contributed by atoms with van der Waals surface area (Å²) in [5.41, 5.74) is 4.13. The van der Waals surface area contributed by atoms with Crippen molar-refractivity contribution in [1.82, 2.24) is 10.3 Å². The number of ketones is 1. The average Bonchev–Trinajstić information content (AvgIpc) is 3.09. The molecule has 4 rings (SSSR count). The van der Waals surface area contributed by atoms with Gasteiger partial charge in [0.15, 0.2) is 5.78 Å². The first-order valence-electron chi connectivity index (χ1n) is 9.70. The van der Waals surface area contributed by atoms with E-state index in [1.54, 1.807) is 35.4 Å². The molecule has 1 aliphatic heterocycles. The van der Waals surface area contributed by atoms with Gasteiger partial charge in [0.05, 0.1) is 4.21 Å². The summed E-state index contributed by atoms with van der Waals surface area (Å²) in [6.07, 6.45) is 5.88. The van der Waals surface area contributed by atoms with Crippen molar-refractivity contribution in [3.63, 3.8) is 0 Å². The Morgan fingerprint density at radius 3 is 2.83 bits per heavy atom. The summed E-state index contributed by atoms with van der Waals surface area (Å²) in [4.78, 5) is 31.9. The van der Waals surface area contributed by atoms with Gasteiger partial charge in [-0.1, -0.05) is 0 Å². The molecule has 30 heavy (non-hydrogen) atoms. The number of nitrogens with zero attached hydrogens (tertiary/aromatic N) is 1. The molecular formula is C22H22BrN3O2S2. The number of halogens is 1. The number of carbonyl (C=O) groups is 2. The number of carbonyl (C=O) groups excluding carboxylic acids is 2. The van der Waals surface area contributed by atoms with Crippen LogP contribution in [-0.2, 0) is 9.59 Å². The molecule has 1 atom stereocenters. The second-order valence-corrected chi connectivity index (χ2v) is 10.6. The van der Waals surface area contributed by atoms with E-state index in [1.807, 2.05) is 19.2 Å². The molecule has 2 N–H and O–H groups in total. The van der Waals surface area contributed by atoms with Crippen LogP contribution in [0.2, 0.25) is 0 Å². The molecule has 1 aliphatic carbocycles. The van der Waals surface area contributed by atoms with Gasteiger partial charge in [0.2, 0.25) is 0 Å². The van der Waals surface area contributed by atoms with E-state index >= 15 is 0 Å². The summed E-state index contributed by atoms with van der Waals surface area (Å²) in [5.74, 6) is 0.00496. The number of aryl methyl sites for hydroxylation is 1. The lowest BCUT2D eigenvalue weighted by atomic mass is 9.75. The lowest BCUT2D eigenvalue weighted by molar-refractivity contribution is -0.116. The van der Waals surface area contributed by atoms with Crippen LogP contribution in [0.5, 0.6) is 0 Å². The maximum absolute atomic E-state index is 13.4. The molecule has 2 aromatic rings. The number of allylic oxidation sites excluding steroid dienone is 3. The lowest BCUT2D eigenvalue weighted by Gasteiger charge is -2.34. The van der Waals surface area contributed by atoms with Crippen molar-refractivity contribution in [1.29, 1.82) is 0 Å². The van der Waals surface area contributed by atoms with E-state index in [9.17, 15) is 9.59 Å². The third kappa shape index (κ3) is 4.00. The normalized spacial score (nSPS) is 18.9. The number of dihydropyridines is 1. The molecule has 2 aliphatic rings. The van der Waals surface area contributed by atoms with Crippen LogP contribution in [0.15, 0.2) is 55.6 Å². The first-order valence-corrected chi connectivity index (χ1v) is 12.5. The average molecular weight is 504 g/mol. The minimum absolute atomic E-state index is 0.129. The molecule has 156 valence electrons. The number of pyridine rings is 1. The molecule has 1 amide bonds. The van der Waals surface area contributed by atoms with Gasteiger partial charge in [0.25, 0.3) is 5.91 Å². The van der Waals surface area contributed by atoms with Gasteiger partial charge in [-0.2, -0.15) is 0 Å². The van der Waals surface area contributed by atoms with Crippen LogP contribution in [-0.4, -0.2) is 22.9 Å². The minimum Gasteiger partial charge on any atom is -0.362 e. The first-order chi connectivity index (χ1) is 14.4. The number of hydrogen-bond acceptors (Lipinski definition) is 6. The monoisotopic (exact) mass is 503 g/mol.